The average Bonchev–Trinajstić information content (AvgIpc) is 2.43. The second-order valence-corrected chi connectivity index (χ2v) is 5.46. The van der Waals surface area contributed by atoms with Crippen molar-refractivity contribution < 1.29 is 19.1 Å². The summed E-state index contributed by atoms with van der Waals surface area (Å²) in [5.41, 5.74) is -1.18. The lowest BCUT2D eigenvalue weighted by atomic mass is 9.73. The van der Waals surface area contributed by atoms with E-state index >= 15 is 0 Å². The highest BCUT2D eigenvalue weighted by molar-refractivity contribution is 6.00. The Labute approximate surface area is 128 Å². The van der Waals surface area contributed by atoms with Gasteiger partial charge in [0.1, 0.15) is 0 Å². The van der Waals surface area contributed by atoms with Crippen LogP contribution in [-0.2, 0) is 19.1 Å². The summed E-state index contributed by atoms with van der Waals surface area (Å²) in [6.07, 6.45) is 6.08. The predicted molar refractivity (Wildman–Crippen MR) is 83.8 cm³/mol. The van der Waals surface area contributed by atoms with Crippen LogP contribution in [0.4, 0.5) is 0 Å². The molecule has 0 fully saturated rings. The number of unbranched alkanes of at least 4 members (excludes halogenated alkanes) is 3. The number of carbonyl (C=O) groups excluding carboxylic acids is 2. The minimum atomic E-state index is -1.18. The van der Waals surface area contributed by atoms with Crippen LogP contribution in [0.3, 0.4) is 0 Å². The predicted octanol–water partition coefficient (Wildman–Crippen LogP) is 3.89. The molecule has 0 aliphatic carbocycles. The highest BCUT2D eigenvalue weighted by Gasteiger charge is 2.50. The largest absolute Gasteiger partial charge is 0.465 e. The fourth-order valence-electron chi connectivity index (χ4n) is 2.44. The van der Waals surface area contributed by atoms with Crippen molar-refractivity contribution in [2.45, 2.75) is 59.8 Å². The molecule has 122 valence electrons. The SMILES string of the molecule is C=CCCCCCC(C(=O)OCC)(C(=O)OCC)C(C)C. The van der Waals surface area contributed by atoms with E-state index in [9.17, 15) is 9.59 Å². The molecule has 0 aliphatic rings. The molecule has 0 aromatic rings. The molecule has 0 amide bonds. The second-order valence-electron chi connectivity index (χ2n) is 5.46. The van der Waals surface area contributed by atoms with Crippen molar-refractivity contribution in [2.75, 3.05) is 13.2 Å². The quantitative estimate of drug-likeness (QED) is 0.251. The first-order valence-corrected chi connectivity index (χ1v) is 7.92. The van der Waals surface area contributed by atoms with Crippen LogP contribution in [0, 0.1) is 11.3 Å². The average molecular weight is 298 g/mol. The molecule has 0 spiro atoms. The summed E-state index contributed by atoms with van der Waals surface area (Å²) in [5.74, 6) is -1.07. The van der Waals surface area contributed by atoms with Gasteiger partial charge in [-0.1, -0.05) is 32.8 Å². The Morgan fingerprint density at radius 1 is 1.05 bits per heavy atom. The van der Waals surface area contributed by atoms with E-state index in [2.05, 4.69) is 6.58 Å². The molecular formula is C17H30O4. The summed E-state index contributed by atoms with van der Waals surface area (Å²) in [6.45, 7) is 11.5. The summed E-state index contributed by atoms with van der Waals surface area (Å²) < 4.78 is 10.3. The zero-order chi connectivity index (χ0) is 16.3. The third-order valence-corrected chi connectivity index (χ3v) is 3.74. The van der Waals surface area contributed by atoms with Crippen LogP contribution in [0.25, 0.3) is 0 Å². The normalized spacial score (nSPS) is 11.3. The third-order valence-electron chi connectivity index (χ3n) is 3.74. The Balaban J connectivity index is 5.04. The van der Waals surface area contributed by atoms with Crippen LogP contribution in [0.15, 0.2) is 12.7 Å². The van der Waals surface area contributed by atoms with E-state index in [-0.39, 0.29) is 19.1 Å². The molecule has 0 radical (unpaired) electrons. The van der Waals surface area contributed by atoms with Crippen LogP contribution in [-0.4, -0.2) is 25.2 Å². The maximum atomic E-state index is 12.4. The van der Waals surface area contributed by atoms with Crippen molar-refractivity contribution in [2.24, 2.45) is 11.3 Å². The molecule has 21 heavy (non-hydrogen) atoms. The van der Waals surface area contributed by atoms with E-state index in [1.54, 1.807) is 13.8 Å². The molecule has 0 heterocycles. The first-order valence-electron chi connectivity index (χ1n) is 7.92. The molecule has 4 nitrogen and oxygen atoms in total. The van der Waals surface area contributed by atoms with Crippen molar-refractivity contribution in [3.8, 4) is 0 Å². The molecule has 0 aromatic carbocycles. The van der Waals surface area contributed by atoms with E-state index in [1.807, 2.05) is 19.9 Å². The molecule has 0 aromatic heterocycles. The first-order chi connectivity index (χ1) is 9.97. The van der Waals surface area contributed by atoms with Gasteiger partial charge in [-0.05, 0) is 39.0 Å². The molecule has 4 heteroatoms. The van der Waals surface area contributed by atoms with Crippen LogP contribution < -0.4 is 0 Å². The Hall–Kier alpha value is -1.32. The molecular weight excluding hydrogens is 268 g/mol. The van der Waals surface area contributed by atoms with Crippen molar-refractivity contribution in [1.29, 1.82) is 0 Å². The highest BCUT2D eigenvalue weighted by atomic mass is 16.6. The molecule has 0 saturated carbocycles. The summed E-state index contributed by atoms with van der Waals surface area (Å²) in [4.78, 5) is 24.8. The molecule has 0 rings (SSSR count). The summed E-state index contributed by atoms with van der Waals surface area (Å²) in [7, 11) is 0. The van der Waals surface area contributed by atoms with E-state index < -0.39 is 17.4 Å². The van der Waals surface area contributed by atoms with Crippen LogP contribution >= 0.6 is 0 Å². The smallest absolute Gasteiger partial charge is 0.323 e. The Bertz CT molecular complexity index is 316. The number of hydrogen-bond acceptors (Lipinski definition) is 4. The van der Waals surface area contributed by atoms with Gasteiger partial charge in [0.25, 0.3) is 0 Å². The van der Waals surface area contributed by atoms with Gasteiger partial charge < -0.3 is 9.47 Å². The molecule has 0 bridgehead atoms. The zero-order valence-electron chi connectivity index (χ0n) is 13.9. The fraction of sp³-hybridized carbons (Fsp3) is 0.765. The number of rotatable bonds is 11. The maximum absolute atomic E-state index is 12.4. The van der Waals surface area contributed by atoms with Crippen molar-refractivity contribution in [3.63, 3.8) is 0 Å². The maximum Gasteiger partial charge on any atom is 0.323 e. The third kappa shape index (κ3) is 5.52. The lowest BCUT2D eigenvalue weighted by molar-refractivity contribution is -0.176. The summed E-state index contributed by atoms with van der Waals surface area (Å²) >= 11 is 0. The van der Waals surface area contributed by atoms with Crippen LogP contribution in [0.2, 0.25) is 0 Å². The van der Waals surface area contributed by atoms with Gasteiger partial charge >= 0.3 is 11.9 Å². The molecule has 0 atom stereocenters. The number of hydrogen-bond donors (Lipinski definition) is 0. The molecule has 0 N–H and O–H groups in total. The Morgan fingerprint density at radius 3 is 1.95 bits per heavy atom. The van der Waals surface area contributed by atoms with E-state index in [0.717, 1.165) is 25.7 Å². The van der Waals surface area contributed by atoms with Gasteiger partial charge in [0.15, 0.2) is 5.41 Å². The van der Waals surface area contributed by atoms with Crippen LogP contribution in [0.1, 0.15) is 59.8 Å². The minimum Gasteiger partial charge on any atom is -0.465 e. The van der Waals surface area contributed by atoms with Crippen molar-refractivity contribution >= 4 is 11.9 Å². The summed E-state index contributed by atoms with van der Waals surface area (Å²) in [5, 5.41) is 0. The number of allylic oxidation sites excluding steroid dienone is 1. The fourth-order valence-corrected chi connectivity index (χ4v) is 2.44. The number of esters is 2. The van der Waals surface area contributed by atoms with Gasteiger partial charge in [-0.3, -0.25) is 9.59 Å². The highest BCUT2D eigenvalue weighted by Crippen LogP contribution is 2.37. The Kier molecular flexibility index (Phi) is 9.76. The number of ether oxygens (including phenoxy) is 2. The van der Waals surface area contributed by atoms with Gasteiger partial charge in [-0.25, -0.2) is 0 Å². The lowest BCUT2D eigenvalue weighted by Crippen LogP contribution is -2.46. The van der Waals surface area contributed by atoms with Crippen molar-refractivity contribution in [1.82, 2.24) is 0 Å². The van der Waals surface area contributed by atoms with Gasteiger partial charge in [0.05, 0.1) is 13.2 Å². The van der Waals surface area contributed by atoms with E-state index in [1.165, 1.54) is 0 Å². The van der Waals surface area contributed by atoms with Gasteiger partial charge in [0.2, 0.25) is 0 Å². The topological polar surface area (TPSA) is 52.6 Å². The lowest BCUT2D eigenvalue weighted by Gasteiger charge is -2.32. The van der Waals surface area contributed by atoms with Gasteiger partial charge in [-0.2, -0.15) is 0 Å². The van der Waals surface area contributed by atoms with E-state index in [0.29, 0.717) is 6.42 Å². The zero-order valence-corrected chi connectivity index (χ0v) is 13.9. The molecule has 0 saturated heterocycles. The van der Waals surface area contributed by atoms with Gasteiger partial charge in [-0.15, -0.1) is 6.58 Å². The summed E-state index contributed by atoms with van der Waals surface area (Å²) in [6, 6.07) is 0. The molecule has 0 aliphatic heterocycles. The monoisotopic (exact) mass is 298 g/mol. The molecule has 0 unspecified atom stereocenters. The number of carbonyl (C=O) groups is 2. The van der Waals surface area contributed by atoms with Crippen molar-refractivity contribution in [3.05, 3.63) is 12.7 Å². The van der Waals surface area contributed by atoms with Crippen LogP contribution in [0.5, 0.6) is 0 Å². The first kappa shape index (κ1) is 19.7. The Morgan fingerprint density at radius 2 is 1.57 bits per heavy atom. The van der Waals surface area contributed by atoms with Gasteiger partial charge in [0, 0.05) is 0 Å². The second kappa shape index (κ2) is 10.4. The van der Waals surface area contributed by atoms with E-state index in [4.69, 9.17) is 9.47 Å². The minimum absolute atomic E-state index is 0.157. The standard InChI is InChI=1S/C17H30O4/c1-6-9-10-11-12-13-17(14(4)5,15(18)20-7-2)16(19)21-8-3/h6,14H,1,7-13H2,2-5H3.